The molecule has 1 atom stereocenters. The maximum atomic E-state index is 12.2. The highest BCUT2D eigenvalue weighted by molar-refractivity contribution is 5.75. The van der Waals surface area contributed by atoms with Gasteiger partial charge in [0.1, 0.15) is 12.1 Å². The van der Waals surface area contributed by atoms with Gasteiger partial charge in [-0.15, -0.1) is 10.2 Å². The van der Waals surface area contributed by atoms with Gasteiger partial charge in [0, 0.05) is 13.5 Å². The second-order valence-corrected chi connectivity index (χ2v) is 6.38. The zero-order valence-corrected chi connectivity index (χ0v) is 15.2. The van der Waals surface area contributed by atoms with Crippen molar-refractivity contribution in [1.29, 1.82) is 0 Å². The monoisotopic (exact) mass is 359 g/mol. The number of ether oxygens (including phenoxy) is 2. The largest absolute Gasteiger partial charge is 0.494 e. The summed E-state index contributed by atoms with van der Waals surface area (Å²) in [5.41, 5.74) is 0. The Morgan fingerprint density at radius 3 is 2.77 bits per heavy atom. The lowest BCUT2D eigenvalue weighted by molar-refractivity contribution is -0.0386. The second kappa shape index (κ2) is 8.66. The van der Waals surface area contributed by atoms with Gasteiger partial charge in [-0.2, -0.15) is 0 Å². The van der Waals surface area contributed by atoms with Crippen LogP contribution in [0.15, 0.2) is 36.7 Å². The van der Waals surface area contributed by atoms with Crippen LogP contribution in [0.1, 0.15) is 25.2 Å². The highest BCUT2D eigenvalue weighted by Gasteiger charge is 2.32. The molecular formula is C18H25N5O3. The third-order valence-electron chi connectivity index (χ3n) is 4.26. The number of urea groups is 1. The predicted octanol–water partition coefficient (Wildman–Crippen LogP) is 1.76. The van der Waals surface area contributed by atoms with E-state index in [2.05, 4.69) is 15.5 Å². The van der Waals surface area contributed by atoms with E-state index in [1.54, 1.807) is 15.8 Å². The number of benzene rings is 1. The molecule has 8 heteroatoms. The lowest BCUT2D eigenvalue weighted by Gasteiger charge is -2.39. The SMILES string of the molecule is C[C@@H](NC(=O)N1CC(OCCCOc2ccccc2)C1)c1nncn1C. The Labute approximate surface area is 153 Å². The average Bonchev–Trinajstić information content (AvgIpc) is 3.03. The van der Waals surface area contributed by atoms with Gasteiger partial charge in [-0.3, -0.25) is 0 Å². The standard InChI is InChI=1S/C18H25N5O3/c1-14(17-21-19-13-22(17)2)20-18(24)23-11-16(12-23)26-10-6-9-25-15-7-4-3-5-8-15/h3-5,7-8,13-14,16H,6,9-12H2,1-2H3,(H,20,24)/t14-/m1/s1. The Hall–Kier alpha value is -2.61. The van der Waals surface area contributed by atoms with Gasteiger partial charge in [0.05, 0.1) is 38.4 Å². The van der Waals surface area contributed by atoms with E-state index in [1.807, 2.05) is 44.3 Å². The minimum absolute atomic E-state index is 0.0996. The van der Waals surface area contributed by atoms with E-state index in [4.69, 9.17) is 9.47 Å². The molecule has 1 aromatic heterocycles. The number of rotatable bonds is 8. The third kappa shape index (κ3) is 4.72. The molecule has 1 aliphatic heterocycles. The molecule has 1 N–H and O–H groups in total. The van der Waals surface area contributed by atoms with Crippen molar-refractivity contribution in [3.8, 4) is 5.75 Å². The van der Waals surface area contributed by atoms with Gasteiger partial charge in [-0.05, 0) is 19.1 Å². The molecule has 8 nitrogen and oxygen atoms in total. The third-order valence-corrected chi connectivity index (χ3v) is 4.26. The molecule has 0 spiro atoms. The fraction of sp³-hybridized carbons (Fsp3) is 0.500. The van der Waals surface area contributed by atoms with Crippen molar-refractivity contribution < 1.29 is 14.3 Å². The van der Waals surface area contributed by atoms with Crippen LogP contribution in [0.25, 0.3) is 0 Å². The van der Waals surface area contributed by atoms with Gasteiger partial charge >= 0.3 is 6.03 Å². The summed E-state index contributed by atoms with van der Waals surface area (Å²) in [6.07, 6.45) is 2.54. The first kappa shape index (κ1) is 18.2. The maximum Gasteiger partial charge on any atom is 0.318 e. The first-order chi connectivity index (χ1) is 12.6. The summed E-state index contributed by atoms with van der Waals surface area (Å²) in [5.74, 6) is 1.60. The Bertz CT molecular complexity index is 700. The van der Waals surface area contributed by atoms with E-state index in [9.17, 15) is 4.79 Å². The number of nitrogens with zero attached hydrogens (tertiary/aromatic N) is 4. The molecule has 0 saturated carbocycles. The number of amides is 2. The second-order valence-electron chi connectivity index (χ2n) is 6.38. The quantitative estimate of drug-likeness (QED) is 0.726. The molecule has 140 valence electrons. The summed E-state index contributed by atoms with van der Waals surface area (Å²) in [6.45, 7) is 4.36. The summed E-state index contributed by atoms with van der Waals surface area (Å²) >= 11 is 0. The molecule has 0 unspecified atom stereocenters. The number of carbonyl (C=O) groups is 1. The van der Waals surface area contributed by atoms with Gasteiger partial charge in [0.15, 0.2) is 5.82 Å². The van der Waals surface area contributed by atoms with Crippen LogP contribution in [-0.4, -0.2) is 58.1 Å². The van der Waals surface area contributed by atoms with Gasteiger partial charge in [0.25, 0.3) is 0 Å². The Kier molecular flexibility index (Phi) is 6.06. The first-order valence-electron chi connectivity index (χ1n) is 8.82. The van der Waals surface area contributed by atoms with Crippen molar-refractivity contribution in [2.24, 2.45) is 7.05 Å². The van der Waals surface area contributed by atoms with Gasteiger partial charge < -0.3 is 24.3 Å². The molecule has 1 fully saturated rings. The number of hydrogen-bond donors (Lipinski definition) is 1. The van der Waals surface area contributed by atoms with Crippen molar-refractivity contribution >= 4 is 6.03 Å². The van der Waals surface area contributed by atoms with Gasteiger partial charge in [-0.25, -0.2) is 4.79 Å². The van der Waals surface area contributed by atoms with Crippen LogP contribution in [0, 0.1) is 0 Å². The number of nitrogens with one attached hydrogen (secondary N) is 1. The van der Waals surface area contributed by atoms with Crippen molar-refractivity contribution in [3.05, 3.63) is 42.5 Å². The fourth-order valence-corrected chi connectivity index (χ4v) is 2.75. The Balaban J connectivity index is 1.27. The molecule has 2 heterocycles. The molecule has 0 radical (unpaired) electrons. The van der Waals surface area contributed by atoms with Crippen molar-refractivity contribution in [1.82, 2.24) is 25.0 Å². The van der Waals surface area contributed by atoms with Gasteiger partial charge in [0.2, 0.25) is 0 Å². The number of aryl methyl sites for hydroxylation is 1. The van der Waals surface area contributed by atoms with Crippen LogP contribution in [0.3, 0.4) is 0 Å². The van der Waals surface area contributed by atoms with Crippen LogP contribution >= 0.6 is 0 Å². The molecule has 26 heavy (non-hydrogen) atoms. The number of para-hydroxylation sites is 1. The van der Waals surface area contributed by atoms with E-state index in [0.717, 1.165) is 18.0 Å². The first-order valence-corrected chi connectivity index (χ1v) is 8.82. The number of likely N-dealkylation sites (tertiary alicyclic amines) is 1. The minimum Gasteiger partial charge on any atom is -0.494 e. The van der Waals surface area contributed by atoms with E-state index < -0.39 is 0 Å². The maximum absolute atomic E-state index is 12.2. The molecule has 2 aromatic rings. The molecule has 0 aliphatic carbocycles. The van der Waals surface area contributed by atoms with Crippen LogP contribution in [0.5, 0.6) is 5.75 Å². The van der Waals surface area contributed by atoms with Gasteiger partial charge in [-0.1, -0.05) is 18.2 Å². The summed E-state index contributed by atoms with van der Waals surface area (Å²) in [4.78, 5) is 13.9. The highest BCUT2D eigenvalue weighted by atomic mass is 16.5. The molecule has 3 rings (SSSR count). The molecule has 1 aliphatic rings. The Morgan fingerprint density at radius 1 is 1.31 bits per heavy atom. The van der Waals surface area contributed by atoms with E-state index in [0.29, 0.717) is 26.3 Å². The van der Waals surface area contributed by atoms with E-state index in [-0.39, 0.29) is 18.2 Å². The minimum atomic E-state index is -0.190. The fourth-order valence-electron chi connectivity index (χ4n) is 2.75. The normalized spacial score (nSPS) is 15.4. The summed E-state index contributed by atoms with van der Waals surface area (Å²) in [6, 6.07) is 9.44. The Morgan fingerprint density at radius 2 is 2.08 bits per heavy atom. The molecule has 1 saturated heterocycles. The van der Waals surface area contributed by atoms with Crippen LogP contribution in [-0.2, 0) is 11.8 Å². The van der Waals surface area contributed by atoms with E-state index >= 15 is 0 Å². The van der Waals surface area contributed by atoms with Crippen molar-refractivity contribution in [2.75, 3.05) is 26.3 Å². The van der Waals surface area contributed by atoms with Crippen molar-refractivity contribution in [2.45, 2.75) is 25.5 Å². The summed E-state index contributed by atoms with van der Waals surface area (Å²) < 4.78 is 13.2. The predicted molar refractivity (Wildman–Crippen MR) is 95.8 cm³/mol. The summed E-state index contributed by atoms with van der Waals surface area (Å²) in [5, 5.41) is 10.8. The topological polar surface area (TPSA) is 81.5 Å². The number of carbonyl (C=O) groups excluding carboxylic acids is 1. The molecule has 0 bridgehead atoms. The van der Waals surface area contributed by atoms with Crippen LogP contribution < -0.4 is 10.1 Å². The van der Waals surface area contributed by atoms with Crippen LogP contribution in [0.2, 0.25) is 0 Å². The van der Waals surface area contributed by atoms with Crippen molar-refractivity contribution in [3.63, 3.8) is 0 Å². The lowest BCUT2D eigenvalue weighted by Crippen LogP contribution is -2.58. The van der Waals surface area contributed by atoms with Crippen LogP contribution in [0.4, 0.5) is 4.79 Å². The zero-order valence-electron chi connectivity index (χ0n) is 15.2. The highest BCUT2D eigenvalue weighted by Crippen LogP contribution is 2.15. The van der Waals surface area contributed by atoms with E-state index in [1.165, 1.54) is 0 Å². The lowest BCUT2D eigenvalue weighted by atomic mass is 10.2. The summed E-state index contributed by atoms with van der Waals surface area (Å²) in [7, 11) is 1.85. The smallest absolute Gasteiger partial charge is 0.318 e. The molecule has 2 amide bonds. The molecular weight excluding hydrogens is 334 g/mol. The number of hydrogen-bond acceptors (Lipinski definition) is 5. The number of aromatic nitrogens is 3. The average molecular weight is 359 g/mol. The zero-order chi connectivity index (χ0) is 18.4. The molecule has 1 aromatic carbocycles.